The van der Waals surface area contributed by atoms with E-state index in [4.69, 9.17) is 5.11 Å². The smallest absolute Gasteiger partial charge is 0.335 e. The van der Waals surface area contributed by atoms with Gasteiger partial charge in [-0.15, -0.1) is 0 Å². The Bertz CT molecular complexity index is 719. The predicted octanol–water partition coefficient (Wildman–Crippen LogP) is 1.71. The molecule has 0 saturated carbocycles. The van der Waals surface area contributed by atoms with Gasteiger partial charge in [0.2, 0.25) is 0 Å². The van der Waals surface area contributed by atoms with Gasteiger partial charge in [-0.25, -0.2) is 4.79 Å². The summed E-state index contributed by atoms with van der Waals surface area (Å²) in [5.74, 6) is -1.32. The van der Waals surface area contributed by atoms with Gasteiger partial charge < -0.3 is 10.4 Å². The lowest BCUT2D eigenvalue weighted by Crippen LogP contribution is -2.26. The van der Waals surface area contributed by atoms with Crippen LogP contribution in [0.25, 0.3) is 0 Å². The Morgan fingerprint density at radius 3 is 2.55 bits per heavy atom. The van der Waals surface area contributed by atoms with Crippen LogP contribution in [0.5, 0.6) is 0 Å². The van der Waals surface area contributed by atoms with E-state index in [1.807, 2.05) is 25.6 Å². The lowest BCUT2D eigenvalue weighted by Gasteiger charge is -2.06. The minimum atomic E-state index is -1.05. The number of benzene rings is 1. The minimum Gasteiger partial charge on any atom is -0.478 e. The van der Waals surface area contributed by atoms with Crippen LogP contribution in [0.2, 0.25) is 0 Å². The van der Waals surface area contributed by atoms with E-state index in [1.54, 1.807) is 12.1 Å². The molecule has 2 N–H and O–H groups in total. The minimum absolute atomic E-state index is 0.103. The van der Waals surface area contributed by atoms with Gasteiger partial charge >= 0.3 is 5.97 Å². The molecule has 1 heterocycles. The van der Waals surface area contributed by atoms with E-state index in [9.17, 15) is 9.59 Å². The third kappa shape index (κ3) is 3.33. The quantitative estimate of drug-likeness (QED) is 0.880. The van der Waals surface area contributed by atoms with Crippen LogP contribution in [0.15, 0.2) is 24.3 Å². The molecule has 1 amide bonds. The standard InChI is InChI=1S/C16H19N3O3/c1-10-14(11(2)19(3)18-10)7-8-17-15(20)12-5-4-6-13(9-12)16(21)22/h4-6,9H,7-8H2,1-3H3,(H,17,20)(H,21,22). The predicted molar refractivity (Wildman–Crippen MR) is 82.1 cm³/mol. The molecule has 0 aliphatic heterocycles. The topological polar surface area (TPSA) is 84.2 Å². The highest BCUT2D eigenvalue weighted by Gasteiger charge is 2.11. The number of nitrogens with zero attached hydrogens (tertiary/aromatic N) is 2. The van der Waals surface area contributed by atoms with Crippen LogP contribution < -0.4 is 5.32 Å². The molecule has 6 nitrogen and oxygen atoms in total. The van der Waals surface area contributed by atoms with Crippen molar-refractivity contribution >= 4 is 11.9 Å². The van der Waals surface area contributed by atoms with E-state index < -0.39 is 5.97 Å². The Balaban J connectivity index is 1.98. The fraction of sp³-hybridized carbons (Fsp3) is 0.312. The number of aromatic nitrogens is 2. The van der Waals surface area contributed by atoms with Gasteiger partial charge in [0.1, 0.15) is 0 Å². The van der Waals surface area contributed by atoms with Crippen LogP contribution in [0, 0.1) is 13.8 Å². The lowest BCUT2D eigenvalue weighted by molar-refractivity contribution is 0.0697. The second-order valence-electron chi connectivity index (χ2n) is 5.16. The largest absolute Gasteiger partial charge is 0.478 e. The number of carboxylic acids is 1. The molecule has 1 aromatic heterocycles. The van der Waals surface area contributed by atoms with Crippen molar-refractivity contribution in [2.45, 2.75) is 20.3 Å². The van der Waals surface area contributed by atoms with Crippen LogP contribution in [0.4, 0.5) is 0 Å². The number of aryl methyl sites for hydroxylation is 2. The van der Waals surface area contributed by atoms with Crippen molar-refractivity contribution in [3.05, 3.63) is 52.3 Å². The SMILES string of the molecule is Cc1nn(C)c(C)c1CCNC(=O)c1cccc(C(=O)O)c1. The zero-order chi connectivity index (χ0) is 16.3. The van der Waals surface area contributed by atoms with Crippen molar-refractivity contribution < 1.29 is 14.7 Å². The summed E-state index contributed by atoms with van der Waals surface area (Å²) in [4.78, 5) is 23.0. The van der Waals surface area contributed by atoms with Crippen molar-refractivity contribution in [3.63, 3.8) is 0 Å². The molecule has 0 unspecified atom stereocenters. The average Bonchev–Trinajstić information content (AvgIpc) is 2.73. The van der Waals surface area contributed by atoms with Crippen molar-refractivity contribution in [2.75, 3.05) is 6.54 Å². The molecular weight excluding hydrogens is 282 g/mol. The van der Waals surface area contributed by atoms with E-state index in [0.29, 0.717) is 18.5 Å². The zero-order valence-corrected chi connectivity index (χ0v) is 12.9. The first-order valence-electron chi connectivity index (χ1n) is 7.00. The summed E-state index contributed by atoms with van der Waals surface area (Å²) in [5, 5.41) is 16.1. The van der Waals surface area contributed by atoms with Gasteiger partial charge in [0, 0.05) is 24.8 Å². The molecule has 6 heteroatoms. The van der Waals surface area contributed by atoms with Gasteiger partial charge in [-0.2, -0.15) is 5.10 Å². The first kappa shape index (κ1) is 15.8. The first-order chi connectivity index (χ1) is 10.4. The Labute approximate surface area is 128 Å². The number of amides is 1. The molecule has 0 aliphatic carbocycles. The fourth-order valence-electron chi connectivity index (χ4n) is 2.38. The molecule has 116 valence electrons. The molecular formula is C16H19N3O3. The van der Waals surface area contributed by atoms with Gasteiger partial charge in [0.25, 0.3) is 5.91 Å². The van der Waals surface area contributed by atoms with Crippen LogP contribution in [0.3, 0.4) is 0 Å². The summed E-state index contributed by atoms with van der Waals surface area (Å²) in [6.07, 6.45) is 0.690. The van der Waals surface area contributed by atoms with Gasteiger partial charge in [0.15, 0.2) is 0 Å². The maximum Gasteiger partial charge on any atom is 0.335 e. The fourth-order valence-corrected chi connectivity index (χ4v) is 2.38. The second-order valence-corrected chi connectivity index (χ2v) is 5.16. The number of carbonyl (C=O) groups is 2. The Morgan fingerprint density at radius 1 is 1.27 bits per heavy atom. The Kier molecular flexibility index (Phi) is 4.60. The molecule has 0 saturated heterocycles. The molecule has 22 heavy (non-hydrogen) atoms. The normalized spacial score (nSPS) is 10.5. The van der Waals surface area contributed by atoms with Gasteiger partial charge in [0.05, 0.1) is 11.3 Å². The summed E-state index contributed by atoms with van der Waals surface area (Å²) < 4.78 is 1.82. The number of aromatic carboxylic acids is 1. The van der Waals surface area contributed by atoms with E-state index in [2.05, 4.69) is 10.4 Å². The van der Waals surface area contributed by atoms with Crippen LogP contribution in [0.1, 0.15) is 37.7 Å². The van der Waals surface area contributed by atoms with Crippen molar-refractivity contribution in [3.8, 4) is 0 Å². The van der Waals surface area contributed by atoms with E-state index in [0.717, 1.165) is 17.0 Å². The summed E-state index contributed by atoms with van der Waals surface area (Å²) in [7, 11) is 1.89. The van der Waals surface area contributed by atoms with Crippen molar-refractivity contribution in [1.29, 1.82) is 0 Å². The Hall–Kier alpha value is -2.63. The third-order valence-corrected chi connectivity index (χ3v) is 3.69. The lowest BCUT2D eigenvalue weighted by atomic mass is 10.1. The van der Waals surface area contributed by atoms with Gasteiger partial charge in [-0.3, -0.25) is 9.48 Å². The van der Waals surface area contributed by atoms with Gasteiger partial charge in [-0.05, 0) is 44.0 Å². The number of hydrogen-bond donors (Lipinski definition) is 2. The second kappa shape index (κ2) is 6.43. The number of nitrogens with one attached hydrogen (secondary N) is 1. The summed E-state index contributed by atoms with van der Waals surface area (Å²) >= 11 is 0. The van der Waals surface area contributed by atoms with Crippen LogP contribution in [-0.2, 0) is 13.5 Å². The summed E-state index contributed by atoms with van der Waals surface area (Å²) in [6, 6.07) is 6.00. The average molecular weight is 301 g/mol. The zero-order valence-electron chi connectivity index (χ0n) is 12.9. The molecule has 0 aliphatic rings. The highest BCUT2D eigenvalue weighted by Crippen LogP contribution is 2.12. The molecule has 0 spiro atoms. The number of hydrogen-bond acceptors (Lipinski definition) is 3. The molecule has 2 rings (SSSR count). The maximum atomic E-state index is 12.1. The highest BCUT2D eigenvalue weighted by molar-refractivity contribution is 5.97. The summed E-state index contributed by atoms with van der Waals surface area (Å²) in [5.41, 5.74) is 3.62. The molecule has 0 bridgehead atoms. The molecule has 0 radical (unpaired) electrons. The monoisotopic (exact) mass is 301 g/mol. The van der Waals surface area contributed by atoms with Crippen LogP contribution >= 0.6 is 0 Å². The molecule has 2 aromatic rings. The van der Waals surface area contributed by atoms with Crippen molar-refractivity contribution in [2.24, 2.45) is 7.05 Å². The summed E-state index contributed by atoms with van der Waals surface area (Å²) in [6.45, 7) is 4.41. The van der Waals surface area contributed by atoms with E-state index in [1.165, 1.54) is 12.1 Å². The van der Waals surface area contributed by atoms with Crippen LogP contribution in [-0.4, -0.2) is 33.3 Å². The first-order valence-corrected chi connectivity index (χ1v) is 7.00. The Morgan fingerprint density at radius 2 is 1.95 bits per heavy atom. The number of rotatable bonds is 5. The molecule has 0 atom stereocenters. The molecule has 0 fully saturated rings. The number of carboxylic acid groups (broad SMARTS) is 1. The van der Waals surface area contributed by atoms with Crippen molar-refractivity contribution in [1.82, 2.24) is 15.1 Å². The highest BCUT2D eigenvalue weighted by atomic mass is 16.4. The third-order valence-electron chi connectivity index (χ3n) is 3.69. The maximum absolute atomic E-state index is 12.1. The van der Waals surface area contributed by atoms with E-state index >= 15 is 0 Å². The number of carbonyl (C=O) groups excluding carboxylic acids is 1. The van der Waals surface area contributed by atoms with Gasteiger partial charge in [-0.1, -0.05) is 6.07 Å². The van der Waals surface area contributed by atoms with E-state index in [-0.39, 0.29) is 11.5 Å². The molecule has 1 aromatic carbocycles.